The molecule has 1 aromatic carbocycles. The van der Waals surface area contributed by atoms with Crippen molar-refractivity contribution in [2.75, 3.05) is 5.32 Å². The summed E-state index contributed by atoms with van der Waals surface area (Å²) in [6.45, 7) is 3.32. The van der Waals surface area contributed by atoms with Crippen LogP contribution < -0.4 is 11.1 Å². The number of benzene rings is 1. The summed E-state index contributed by atoms with van der Waals surface area (Å²) in [7, 11) is 0. The Morgan fingerprint density at radius 3 is 2.71 bits per heavy atom. The van der Waals surface area contributed by atoms with E-state index in [9.17, 15) is 9.18 Å². The van der Waals surface area contributed by atoms with Crippen molar-refractivity contribution in [3.63, 3.8) is 0 Å². The first-order valence-electron chi connectivity index (χ1n) is 4.32. The smallest absolute Gasteiger partial charge is 0.239 e. The van der Waals surface area contributed by atoms with Crippen LogP contribution in [0.2, 0.25) is 0 Å². The van der Waals surface area contributed by atoms with Crippen LogP contribution in [0.15, 0.2) is 18.2 Å². The van der Waals surface area contributed by atoms with E-state index >= 15 is 0 Å². The van der Waals surface area contributed by atoms with Crippen molar-refractivity contribution in [3.8, 4) is 0 Å². The Bertz CT molecular complexity index is 352. The van der Waals surface area contributed by atoms with Gasteiger partial charge in [0.05, 0.1) is 0 Å². The molecule has 1 amide bonds. The molecule has 3 nitrogen and oxygen atoms in total. The summed E-state index contributed by atoms with van der Waals surface area (Å²) < 4.78 is 12.9. The SMILES string of the molecule is Cc1cc(NC(C)C(N)=O)ccc1F. The van der Waals surface area contributed by atoms with Crippen molar-refractivity contribution in [1.82, 2.24) is 0 Å². The highest BCUT2D eigenvalue weighted by Gasteiger charge is 2.08. The van der Waals surface area contributed by atoms with E-state index in [2.05, 4.69) is 5.32 Å². The molecule has 0 aromatic heterocycles. The van der Waals surface area contributed by atoms with Gasteiger partial charge in [-0.05, 0) is 37.6 Å². The molecule has 1 atom stereocenters. The number of hydrogen-bond donors (Lipinski definition) is 2. The molecular weight excluding hydrogens is 183 g/mol. The molecule has 1 rings (SSSR count). The molecular formula is C10H13FN2O. The lowest BCUT2D eigenvalue weighted by Gasteiger charge is -2.12. The minimum Gasteiger partial charge on any atom is -0.374 e. The van der Waals surface area contributed by atoms with Crippen LogP contribution >= 0.6 is 0 Å². The van der Waals surface area contributed by atoms with Gasteiger partial charge in [-0.3, -0.25) is 4.79 Å². The fourth-order valence-electron chi connectivity index (χ4n) is 1.06. The number of halogens is 1. The summed E-state index contributed by atoms with van der Waals surface area (Å²) in [6, 6.07) is 4.10. The maximum atomic E-state index is 12.9. The summed E-state index contributed by atoms with van der Waals surface area (Å²) in [5.74, 6) is -0.700. The molecule has 0 aliphatic rings. The third kappa shape index (κ3) is 2.45. The van der Waals surface area contributed by atoms with E-state index in [1.165, 1.54) is 6.07 Å². The summed E-state index contributed by atoms with van der Waals surface area (Å²) in [5, 5.41) is 2.87. The van der Waals surface area contributed by atoms with Crippen molar-refractivity contribution in [1.29, 1.82) is 0 Å². The molecule has 0 heterocycles. The van der Waals surface area contributed by atoms with Gasteiger partial charge >= 0.3 is 0 Å². The summed E-state index contributed by atoms with van der Waals surface area (Å²) in [6.07, 6.45) is 0. The Hall–Kier alpha value is -1.58. The number of hydrogen-bond acceptors (Lipinski definition) is 2. The number of aryl methyl sites for hydroxylation is 1. The zero-order valence-corrected chi connectivity index (χ0v) is 8.17. The Morgan fingerprint density at radius 2 is 2.21 bits per heavy atom. The third-order valence-electron chi connectivity index (χ3n) is 1.97. The number of amides is 1. The largest absolute Gasteiger partial charge is 0.374 e. The molecule has 0 radical (unpaired) electrons. The van der Waals surface area contributed by atoms with Crippen molar-refractivity contribution in [2.24, 2.45) is 5.73 Å². The highest BCUT2D eigenvalue weighted by molar-refractivity contribution is 5.82. The number of primary amides is 1. The van der Waals surface area contributed by atoms with Crippen molar-refractivity contribution < 1.29 is 9.18 Å². The second-order valence-electron chi connectivity index (χ2n) is 3.23. The predicted molar refractivity (Wildman–Crippen MR) is 53.4 cm³/mol. The number of nitrogens with two attached hydrogens (primary N) is 1. The first-order valence-corrected chi connectivity index (χ1v) is 4.32. The van der Waals surface area contributed by atoms with Crippen LogP contribution in [0.4, 0.5) is 10.1 Å². The fraction of sp³-hybridized carbons (Fsp3) is 0.300. The number of anilines is 1. The molecule has 1 unspecified atom stereocenters. The summed E-state index contributed by atoms with van der Waals surface area (Å²) >= 11 is 0. The summed E-state index contributed by atoms with van der Waals surface area (Å²) in [4.78, 5) is 10.7. The highest BCUT2D eigenvalue weighted by Crippen LogP contribution is 2.14. The summed E-state index contributed by atoms with van der Waals surface area (Å²) in [5.41, 5.74) is 6.30. The van der Waals surface area contributed by atoms with E-state index in [1.54, 1.807) is 26.0 Å². The molecule has 4 heteroatoms. The monoisotopic (exact) mass is 196 g/mol. The Balaban J connectivity index is 2.78. The van der Waals surface area contributed by atoms with Crippen molar-refractivity contribution in [3.05, 3.63) is 29.6 Å². The van der Waals surface area contributed by atoms with Crippen LogP contribution in [0.3, 0.4) is 0 Å². The second-order valence-corrected chi connectivity index (χ2v) is 3.23. The molecule has 0 aliphatic carbocycles. The fourth-order valence-corrected chi connectivity index (χ4v) is 1.06. The van der Waals surface area contributed by atoms with Crippen LogP contribution in [0.5, 0.6) is 0 Å². The zero-order chi connectivity index (χ0) is 10.7. The van der Waals surface area contributed by atoms with E-state index < -0.39 is 11.9 Å². The molecule has 3 N–H and O–H groups in total. The minimum atomic E-state index is -0.458. The van der Waals surface area contributed by atoms with Gasteiger partial charge in [0, 0.05) is 5.69 Å². The minimum absolute atomic E-state index is 0.262. The normalized spacial score (nSPS) is 12.2. The number of rotatable bonds is 3. The molecule has 0 saturated carbocycles. The molecule has 0 bridgehead atoms. The first-order chi connectivity index (χ1) is 6.50. The predicted octanol–water partition coefficient (Wildman–Crippen LogP) is 1.42. The lowest BCUT2D eigenvalue weighted by Crippen LogP contribution is -2.32. The molecule has 0 spiro atoms. The van der Waals surface area contributed by atoms with E-state index in [0.717, 1.165) is 0 Å². The average molecular weight is 196 g/mol. The standard InChI is InChI=1S/C10H13FN2O/c1-6-5-8(3-4-9(6)11)13-7(2)10(12)14/h3-5,7,13H,1-2H3,(H2,12,14). The molecule has 76 valence electrons. The average Bonchev–Trinajstić information content (AvgIpc) is 2.11. The molecule has 1 aromatic rings. The Kier molecular flexibility index (Phi) is 3.06. The van der Waals surface area contributed by atoms with Crippen LogP contribution in [-0.4, -0.2) is 11.9 Å². The maximum absolute atomic E-state index is 12.9. The van der Waals surface area contributed by atoms with Gasteiger partial charge in [0.2, 0.25) is 5.91 Å². The Labute approximate surface area is 82.1 Å². The van der Waals surface area contributed by atoms with Crippen molar-refractivity contribution in [2.45, 2.75) is 19.9 Å². The van der Waals surface area contributed by atoms with Gasteiger partial charge in [-0.1, -0.05) is 0 Å². The first kappa shape index (κ1) is 10.5. The van der Waals surface area contributed by atoms with Crippen LogP contribution in [0.25, 0.3) is 0 Å². The van der Waals surface area contributed by atoms with Crippen LogP contribution in [-0.2, 0) is 4.79 Å². The van der Waals surface area contributed by atoms with Gasteiger partial charge in [-0.2, -0.15) is 0 Å². The topological polar surface area (TPSA) is 55.1 Å². The van der Waals surface area contributed by atoms with E-state index in [4.69, 9.17) is 5.73 Å². The van der Waals surface area contributed by atoms with E-state index in [0.29, 0.717) is 11.3 Å². The maximum Gasteiger partial charge on any atom is 0.239 e. The van der Waals surface area contributed by atoms with Crippen molar-refractivity contribution >= 4 is 11.6 Å². The molecule has 0 saturated heterocycles. The van der Waals surface area contributed by atoms with Gasteiger partial charge in [-0.15, -0.1) is 0 Å². The highest BCUT2D eigenvalue weighted by atomic mass is 19.1. The number of carbonyl (C=O) groups excluding carboxylic acids is 1. The lowest BCUT2D eigenvalue weighted by atomic mass is 10.2. The molecule has 0 aliphatic heterocycles. The lowest BCUT2D eigenvalue weighted by molar-refractivity contribution is -0.118. The van der Waals surface area contributed by atoms with Gasteiger partial charge in [0.25, 0.3) is 0 Å². The van der Waals surface area contributed by atoms with E-state index in [1.807, 2.05) is 0 Å². The van der Waals surface area contributed by atoms with Gasteiger partial charge in [0.15, 0.2) is 0 Å². The van der Waals surface area contributed by atoms with Gasteiger partial charge in [0.1, 0.15) is 11.9 Å². The van der Waals surface area contributed by atoms with Gasteiger partial charge in [-0.25, -0.2) is 4.39 Å². The molecule has 14 heavy (non-hydrogen) atoms. The Morgan fingerprint density at radius 1 is 1.57 bits per heavy atom. The van der Waals surface area contributed by atoms with E-state index in [-0.39, 0.29) is 5.82 Å². The van der Waals surface area contributed by atoms with Gasteiger partial charge < -0.3 is 11.1 Å². The van der Waals surface area contributed by atoms with Crippen LogP contribution in [0.1, 0.15) is 12.5 Å². The third-order valence-corrected chi connectivity index (χ3v) is 1.97. The molecule has 0 fully saturated rings. The zero-order valence-electron chi connectivity index (χ0n) is 8.17. The second kappa shape index (κ2) is 4.09. The number of carbonyl (C=O) groups is 1. The van der Waals surface area contributed by atoms with Crippen LogP contribution in [0, 0.1) is 12.7 Å². The number of nitrogens with one attached hydrogen (secondary N) is 1. The quantitative estimate of drug-likeness (QED) is 0.768.